The molecule has 0 spiro atoms. The molecule has 2 aromatic carbocycles. The number of ether oxygens (including phenoxy) is 1. The van der Waals surface area contributed by atoms with Gasteiger partial charge in [0.05, 0.1) is 11.0 Å². The van der Waals surface area contributed by atoms with Crippen LogP contribution in [0.3, 0.4) is 0 Å². The lowest BCUT2D eigenvalue weighted by Crippen LogP contribution is -2.39. The maximum Gasteiger partial charge on any atom is 0.274 e. The Morgan fingerprint density at radius 2 is 2.06 bits per heavy atom. The van der Waals surface area contributed by atoms with Crippen molar-refractivity contribution in [2.24, 2.45) is 0 Å². The highest BCUT2D eigenvalue weighted by atomic mass is 19.1. The van der Waals surface area contributed by atoms with Crippen LogP contribution < -0.4 is 4.74 Å². The molecule has 0 aliphatic carbocycles. The number of amides is 1. The zero-order chi connectivity index (χ0) is 22.1. The summed E-state index contributed by atoms with van der Waals surface area (Å²) in [5.74, 6) is -0.698. The van der Waals surface area contributed by atoms with Crippen molar-refractivity contribution in [2.75, 3.05) is 13.1 Å². The number of aromatic nitrogens is 4. The Bertz CT molecular complexity index is 1240. The van der Waals surface area contributed by atoms with Gasteiger partial charge in [0.2, 0.25) is 0 Å². The van der Waals surface area contributed by atoms with Gasteiger partial charge in [-0.05, 0) is 43.2 Å². The van der Waals surface area contributed by atoms with Crippen molar-refractivity contribution < 1.29 is 18.3 Å². The quantitative estimate of drug-likeness (QED) is 0.510. The van der Waals surface area contributed by atoms with Crippen LogP contribution in [0.2, 0.25) is 0 Å². The monoisotopic (exact) mass is 437 g/mol. The molecule has 3 heterocycles. The van der Waals surface area contributed by atoms with E-state index in [4.69, 9.17) is 4.74 Å². The first-order valence-electron chi connectivity index (χ1n) is 10.4. The molecule has 1 atom stereocenters. The number of carbonyl (C=O) groups excluding carboxylic acids is 1. The van der Waals surface area contributed by atoms with E-state index < -0.39 is 11.6 Å². The summed E-state index contributed by atoms with van der Waals surface area (Å²) in [7, 11) is 0. The first kappa shape index (κ1) is 20.2. The molecule has 2 aromatic heterocycles. The number of nitrogens with one attached hydrogen (secondary N) is 1. The molecule has 0 radical (unpaired) electrons. The molecule has 1 amide bonds. The molecule has 1 aliphatic rings. The number of likely N-dealkylation sites (tertiary alicyclic amines) is 1. The molecule has 1 fully saturated rings. The Labute approximate surface area is 182 Å². The van der Waals surface area contributed by atoms with Crippen LogP contribution in [0.5, 0.6) is 5.75 Å². The third kappa shape index (κ3) is 4.05. The first-order chi connectivity index (χ1) is 15.6. The minimum absolute atomic E-state index is 0.0838. The van der Waals surface area contributed by atoms with Gasteiger partial charge >= 0.3 is 0 Å². The van der Waals surface area contributed by atoms with Crippen molar-refractivity contribution in [1.29, 1.82) is 0 Å². The van der Waals surface area contributed by atoms with Crippen LogP contribution >= 0.6 is 0 Å². The Hall–Kier alpha value is -3.75. The highest BCUT2D eigenvalue weighted by Crippen LogP contribution is 2.27. The number of hydrogen-bond donors (Lipinski definition) is 1. The van der Waals surface area contributed by atoms with Crippen LogP contribution in [0.4, 0.5) is 8.78 Å². The van der Waals surface area contributed by atoms with E-state index in [1.807, 2.05) is 24.3 Å². The molecule has 5 rings (SSSR count). The van der Waals surface area contributed by atoms with Gasteiger partial charge in [-0.1, -0.05) is 12.1 Å². The van der Waals surface area contributed by atoms with Crippen molar-refractivity contribution in [3.63, 3.8) is 0 Å². The van der Waals surface area contributed by atoms with Gasteiger partial charge in [-0.2, -0.15) is 5.10 Å². The molecule has 4 aromatic rings. The predicted octanol–water partition coefficient (Wildman–Crippen LogP) is 4.09. The molecule has 7 nitrogen and oxygen atoms in total. The molecular formula is C23H21F2N5O2. The van der Waals surface area contributed by atoms with Crippen molar-refractivity contribution in [3.05, 3.63) is 77.9 Å². The Morgan fingerprint density at radius 1 is 1.19 bits per heavy atom. The second-order valence-electron chi connectivity index (χ2n) is 7.82. The SMILES string of the molecule is O=C(c1ccn(COc2ccc(F)cc2F)n1)N1CCCC(c2nc3ccccc3[nH]2)C1. The standard InChI is InChI=1S/C23H21F2N5O2/c24-16-7-8-21(17(25)12-16)32-14-30-11-9-20(28-30)23(31)29-10-3-4-15(13-29)22-26-18-5-1-2-6-19(18)27-22/h1-2,5-9,11-12,15H,3-4,10,13-14H2,(H,26,27). The van der Waals surface area contributed by atoms with E-state index in [0.29, 0.717) is 18.8 Å². The number of nitrogens with zero attached hydrogens (tertiary/aromatic N) is 4. The van der Waals surface area contributed by atoms with Crippen molar-refractivity contribution in [1.82, 2.24) is 24.6 Å². The summed E-state index contributed by atoms with van der Waals surface area (Å²) in [4.78, 5) is 22.8. The van der Waals surface area contributed by atoms with Crippen LogP contribution in [-0.4, -0.2) is 43.6 Å². The fraction of sp³-hybridized carbons (Fsp3) is 0.261. The molecule has 1 saturated heterocycles. The highest BCUT2D eigenvalue weighted by Gasteiger charge is 2.28. The maximum absolute atomic E-state index is 13.7. The number of para-hydroxylation sites is 2. The van der Waals surface area contributed by atoms with Gasteiger partial charge in [-0.3, -0.25) is 4.79 Å². The van der Waals surface area contributed by atoms with E-state index in [-0.39, 0.29) is 24.3 Å². The van der Waals surface area contributed by atoms with Gasteiger partial charge in [0.15, 0.2) is 24.0 Å². The number of benzene rings is 2. The molecule has 1 aliphatic heterocycles. The third-order valence-corrected chi connectivity index (χ3v) is 5.61. The number of carbonyl (C=O) groups is 1. The average Bonchev–Trinajstić information content (AvgIpc) is 3.45. The van der Waals surface area contributed by atoms with E-state index in [0.717, 1.165) is 41.8 Å². The number of aromatic amines is 1. The van der Waals surface area contributed by atoms with E-state index in [1.165, 1.54) is 10.7 Å². The smallest absolute Gasteiger partial charge is 0.274 e. The number of H-pyrrole nitrogens is 1. The highest BCUT2D eigenvalue weighted by molar-refractivity contribution is 5.92. The van der Waals surface area contributed by atoms with Gasteiger partial charge < -0.3 is 14.6 Å². The number of fused-ring (bicyclic) bond motifs is 1. The number of imidazole rings is 1. The first-order valence-corrected chi connectivity index (χ1v) is 10.4. The van der Waals surface area contributed by atoms with E-state index >= 15 is 0 Å². The van der Waals surface area contributed by atoms with Gasteiger partial charge in [0, 0.05) is 31.3 Å². The summed E-state index contributed by atoms with van der Waals surface area (Å²) in [5, 5.41) is 4.26. The maximum atomic E-state index is 13.7. The van der Waals surface area contributed by atoms with Crippen LogP contribution in [0.25, 0.3) is 11.0 Å². The summed E-state index contributed by atoms with van der Waals surface area (Å²) in [5.41, 5.74) is 2.20. The number of rotatable bonds is 5. The van der Waals surface area contributed by atoms with Gasteiger partial charge in [-0.25, -0.2) is 18.4 Å². The topological polar surface area (TPSA) is 76.0 Å². The minimum Gasteiger partial charge on any atom is -0.468 e. The van der Waals surface area contributed by atoms with Gasteiger partial charge in [0.1, 0.15) is 11.6 Å². The summed E-state index contributed by atoms with van der Waals surface area (Å²) < 4.78 is 33.5. The largest absolute Gasteiger partial charge is 0.468 e. The number of hydrogen-bond acceptors (Lipinski definition) is 4. The lowest BCUT2D eigenvalue weighted by molar-refractivity contribution is 0.0696. The Morgan fingerprint density at radius 3 is 2.91 bits per heavy atom. The van der Waals surface area contributed by atoms with Crippen LogP contribution in [-0.2, 0) is 6.73 Å². The third-order valence-electron chi connectivity index (χ3n) is 5.61. The average molecular weight is 437 g/mol. The summed E-state index contributed by atoms with van der Waals surface area (Å²) >= 11 is 0. The van der Waals surface area contributed by atoms with Crippen molar-refractivity contribution in [2.45, 2.75) is 25.5 Å². The molecule has 1 N–H and O–H groups in total. The lowest BCUT2D eigenvalue weighted by atomic mass is 9.97. The zero-order valence-electron chi connectivity index (χ0n) is 17.2. The normalized spacial score (nSPS) is 16.4. The molecular weight excluding hydrogens is 416 g/mol. The number of piperidine rings is 1. The summed E-state index contributed by atoms with van der Waals surface area (Å²) in [6, 6.07) is 12.6. The van der Waals surface area contributed by atoms with Crippen LogP contribution in [0, 0.1) is 11.6 Å². The zero-order valence-corrected chi connectivity index (χ0v) is 17.2. The minimum atomic E-state index is -0.793. The molecule has 164 valence electrons. The van der Waals surface area contributed by atoms with E-state index in [2.05, 4.69) is 15.1 Å². The van der Waals surface area contributed by atoms with Gasteiger partial charge in [0.25, 0.3) is 5.91 Å². The number of halogens is 2. The van der Waals surface area contributed by atoms with E-state index in [1.54, 1.807) is 17.2 Å². The van der Waals surface area contributed by atoms with Crippen molar-refractivity contribution >= 4 is 16.9 Å². The van der Waals surface area contributed by atoms with E-state index in [9.17, 15) is 13.6 Å². The predicted molar refractivity (Wildman–Crippen MR) is 113 cm³/mol. The molecule has 1 unspecified atom stereocenters. The molecule has 32 heavy (non-hydrogen) atoms. The molecule has 9 heteroatoms. The second kappa shape index (κ2) is 8.41. The fourth-order valence-corrected chi connectivity index (χ4v) is 3.99. The molecule has 0 saturated carbocycles. The van der Waals surface area contributed by atoms with Crippen LogP contribution in [0.15, 0.2) is 54.7 Å². The summed E-state index contributed by atoms with van der Waals surface area (Å²) in [6.07, 6.45) is 3.42. The Balaban J connectivity index is 1.24. The summed E-state index contributed by atoms with van der Waals surface area (Å²) in [6.45, 7) is 1.11. The Kier molecular flexibility index (Phi) is 5.30. The lowest BCUT2D eigenvalue weighted by Gasteiger charge is -2.31. The fourth-order valence-electron chi connectivity index (χ4n) is 3.99. The molecule has 0 bridgehead atoms. The van der Waals surface area contributed by atoms with Gasteiger partial charge in [-0.15, -0.1) is 0 Å². The van der Waals surface area contributed by atoms with Crippen LogP contribution in [0.1, 0.15) is 35.1 Å². The second-order valence-corrected chi connectivity index (χ2v) is 7.82. The van der Waals surface area contributed by atoms with Crippen molar-refractivity contribution in [3.8, 4) is 5.75 Å².